The summed E-state index contributed by atoms with van der Waals surface area (Å²) in [5.41, 5.74) is 0. The minimum atomic E-state index is -3.19. The van der Waals surface area contributed by atoms with Crippen LogP contribution >= 0.6 is 0 Å². The second-order valence-corrected chi connectivity index (χ2v) is 8.45. The van der Waals surface area contributed by atoms with Crippen molar-refractivity contribution >= 4 is 15.9 Å². The summed E-state index contributed by atoms with van der Waals surface area (Å²) in [6.07, 6.45) is 2.44. The molecule has 1 atom stereocenters. The Bertz CT molecular complexity index is 477. The van der Waals surface area contributed by atoms with Crippen LogP contribution in [0.1, 0.15) is 26.2 Å². The maximum atomic E-state index is 12.2. The third-order valence-electron chi connectivity index (χ3n) is 4.57. The van der Waals surface area contributed by atoms with Crippen LogP contribution in [0.5, 0.6) is 0 Å². The number of carbonyl (C=O) groups excluding carboxylic acids is 1. The molecule has 0 aromatic rings. The van der Waals surface area contributed by atoms with Crippen molar-refractivity contribution in [2.24, 2.45) is 5.92 Å². The molecule has 2 aliphatic heterocycles. The van der Waals surface area contributed by atoms with E-state index in [9.17, 15) is 13.2 Å². The van der Waals surface area contributed by atoms with Crippen LogP contribution in [-0.2, 0) is 19.6 Å². The lowest BCUT2D eigenvalue weighted by molar-refractivity contribution is -0.126. The topological polar surface area (TPSA) is 79.0 Å². The summed E-state index contributed by atoms with van der Waals surface area (Å²) in [5.74, 6) is -0.127. The molecule has 2 saturated heterocycles. The lowest BCUT2D eigenvalue weighted by atomic mass is 9.99. The number of hydrogen-bond donors (Lipinski definition) is 1. The SMILES string of the molecule is CCS(=O)(=O)N1CCC[C@H](C(=O)NCCCN2CCOCC2)C1. The highest BCUT2D eigenvalue weighted by atomic mass is 32.2. The van der Waals surface area contributed by atoms with Gasteiger partial charge in [-0.3, -0.25) is 9.69 Å². The molecule has 134 valence electrons. The van der Waals surface area contributed by atoms with Crippen LogP contribution in [0.25, 0.3) is 0 Å². The van der Waals surface area contributed by atoms with Gasteiger partial charge in [-0.25, -0.2) is 12.7 Å². The molecule has 0 aromatic carbocycles. The van der Waals surface area contributed by atoms with Gasteiger partial charge >= 0.3 is 0 Å². The Labute approximate surface area is 139 Å². The molecule has 0 unspecified atom stereocenters. The molecule has 0 bridgehead atoms. The van der Waals surface area contributed by atoms with E-state index in [4.69, 9.17) is 4.74 Å². The van der Waals surface area contributed by atoms with Gasteiger partial charge in [-0.2, -0.15) is 0 Å². The van der Waals surface area contributed by atoms with Crippen molar-refractivity contribution in [2.45, 2.75) is 26.2 Å². The summed E-state index contributed by atoms with van der Waals surface area (Å²) in [6.45, 7) is 7.61. The number of sulfonamides is 1. The van der Waals surface area contributed by atoms with Crippen molar-refractivity contribution in [2.75, 3.05) is 58.2 Å². The fourth-order valence-electron chi connectivity index (χ4n) is 3.08. The highest BCUT2D eigenvalue weighted by molar-refractivity contribution is 7.89. The Morgan fingerprint density at radius 2 is 2.00 bits per heavy atom. The molecule has 1 N–H and O–H groups in total. The molecule has 2 rings (SSSR count). The maximum Gasteiger partial charge on any atom is 0.224 e. The average Bonchev–Trinajstić information content (AvgIpc) is 2.59. The Morgan fingerprint density at radius 3 is 2.70 bits per heavy atom. The minimum absolute atomic E-state index is 0.0111. The van der Waals surface area contributed by atoms with E-state index in [0.717, 1.165) is 52.1 Å². The zero-order valence-corrected chi connectivity index (χ0v) is 14.8. The van der Waals surface area contributed by atoms with Crippen molar-refractivity contribution in [3.05, 3.63) is 0 Å². The molecule has 0 aliphatic carbocycles. The first kappa shape index (κ1) is 18.6. The molecule has 1 amide bonds. The number of nitrogens with one attached hydrogen (secondary N) is 1. The zero-order valence-electron chi connectivity index (χ0n) is 14.0. The van der Waals surface area contributed by atoms with E-state index in [2.05, 4.69) is 10.2 Å². The predicted molar refractivity (Wildman–Crippen MR) is 88.6 cm³/mol. The lowest BCUT2D eigenvalue weighted by Crippen LogP contribution is -2.46. The highest BCUT2D eigenvalue weighted by Gasteiger charge is 2.31. The predicted octanol–water partition coefficient (Wildman–Crippen LogP) is -0.113. The molecular formula is C15H29N3O4S. The summed E-state index contributed by atoms with van der Waals surface area (Å²) < 4.78 is 30.6. The van der Waals surface area contributed by atoms with Gasteiger partial charge in [0.25, 0.3) is 0 Å². The van der Waals surface area contributed by atoms with Crippen molar-refractivity contribution in [3.8, 4) is 0 Å². The number of piperidine rings is 1. The van der Waals surface area contributed by atoms with Gasteiger partial charge in [-0.1, -0.05) is 0 Å². The first-order valence-corrected chi connectivity index (χ1v) is 10.2. The quantitative estimate of drug-likeness (QED) is 0.650. The number of carbonyl (C=O) groups is 1. The third-order valence-corrected chi connectivity index (χ3v) is 6.42. The van der Waals surface area contributed by atoms with Crippen molar-refractivity contribution in [1.29, 1.82) is 0 Å². The monoisotopic (exact) mass is 347 g/mol. The number of amides is 1. The molecule has 23 heavy (non-hydrogen) atoms. The van der Waals surface area contributed by atoms with Crippen molar-refractivity contribution in [1.82, 2.24) is 14.5 Å². The zero-order chi connectivity index (χ0) is 16.7. The number of nitrogens with zero attached hydrogens (tertiary/aromatic N) is 2. The van der Waals surface area contributed by atoms with Crippen molar-refractivity contribution < 1.29 is 17.9 Å². The van der Waals surface area contributed by atoms with Crippen LogP contribution in [0.4, 0.5) is 0 Å². The second kappa shape index (κ2) is 8.96. The van der Waals surface area contributed by atoms with E-state index in [1.807, 2.05) is 0 Å². The molecule has 2 fully saturated rings. The first-order chi connectivity index (χ1) is 11.0. The van der Waals surface area contributed by atoms with Crippen LogP contribution in [0.2, 0.25) is 0 Å². The van der Waals surface area contributed by atoms with Gasteiger partial charge in [-0.05, 0) is 32.7 Å². The van der Waals surface area contributed by atoms with E-state index in [0.29, 0.717) is 19.6 Å². The van der Waals surface area contributed by atoms with Gasteiger partial charge < -0.3 is 10.1 Å². The van der Waals surface area contributed by atoms with Crippen LogP contribution in [-0.4, -0.2) is 81.8 Å². The van der Waals surface area contributed by atoms with Gasteiger partial charge in [0.15, 0.2) is 0 Å². The largest absolute Gasteiger partial charge is 0.379 e. The van der Waals surface area contributed by atoms with E-state index < -0.39 is 10.0 Å². The smallest absolute Gasteiger partial charge is 0.224 e. The standard InChI is InChI=1S/C15H29N3O4S/c1-2-23(20,21)18-8-3-5-14(13-18)15(19)16-6-4-7-17-9-11-22-12-10-17/h14H,2-13H2,1H3,(H,16,19)/t14-/m0/s1. The van der Waals surface area contributed by atoms with Gasteiger partial charge in [0.2, 0.25) is 15.9 Å². The summed E-state index contributed by atoms with van der Waals surface area (Å²) in [4.78, 5) is 14.6. The Morgan fingerprint density at radius 1 is 1.26 bits per heavy atom. The van der Waals surface area contributed by atoms with Crippen LogP contribution in [0.15, 0.2) is 0 Å². The normalized spacial score (nSPS) is 24.5. The van der Waals surface area contributed by atoms with E-state index in [1.165, 1.54) is 4.31 Å². The van der Waals surface area contributed by atoms with Crippen LogP contribution in [0.3, 0.4) is 0 Å². The molecule has 0 spiro atoms. The van der Waals surface area contributed by atoms with Crippen molar-refractivity contribution in [3.63, 3.8) is 0 Å². The molecule has 2 aliphatic rings. The number of rotatable bonds is 7. The minimum Gasteiger partial charge on any atom is -0.379 e. The lowest BCUT2D eigenvalue weighted by Gasteiger charge is -2.31. The summed E-state index contributed by atoms with van der Waals surface area (Å²) in [6, 6.07) is 0. The summed E-state index contributed by atoms with van der Waals surface area (Å²) in [5, 5.41) is 2.96. The molecular weight excluding hydrogens is 318 g/mol. The molecule has 0 radical (unpaired) electrons. The molecule has 7 nitrogen and oxygen atoms in total. The molecule has 0 saturated carbocycles. The van der Waals surface area contributed by atoms with Gasteiger partial charge in [0, 0.05) is 32.7 Å². The number of hydrogen-bond acceptors (Lipinski definition) is 5. The summed E-state index contributed by atoms with van der Waals surface area (Å²) >= 11 is 0. The Balaban J connectivity index is 1.68. The number of ether oxygens (including phenoxy) is 1. The Kier molecular flexibility index (Phi) is 7.26. The van der Waals surface area contributed by atoms with Gasteiger partial charge in [0.1, 0.15) is 0 Å². The Hall–Kier alpha value is -0.700. The first-order valence-electron chi connectivity index (χ1n) is 8.58. The van der Waals surface area contributed by atoms with Gasteiger partial charge in [0.05, 0.1) is 24.9 Å². The fourth-order valence-corrected chi connectivity index (χ4v) is 4.25. The fraction of sp³-hybridized carbons (Fsp3) is 0.933. The maximum absolute atomic E-state index is 12.2. The highest BCUT2D eigenvalue weighted by Crippen LogP contribution is 2.19. The third kappa shape index (κ3) is 5.70. The van der Waals surface area contributed by atoms with Crippen LogP contribution in [0, 0.1) is 5.92 Å². The van der Waals surface area contributed by atoms with E-state index >= 15 is 0 Å². The number of morpholine rings is 1. The van der Waals surface area contributed by atoms with Crippen LogP contribution < -0.4 is 5.32 Å². The van der Waals surface area contributed by atoms with E-state index in [1.54, 1.807) is 6.92 Å². The molecule has 8 heteroatoms. The average molecular weight is 347 g/mol. The molecule has 2 heterocycles. The van der Waals surface area contributed by atoms with E-state index in [-0.39, 0.29) is 17.6 Å². The second-order valence-electron chi connectivity index (χ2n) is 6.20. The summed E-state index contributed by atoms with van der Waals surface area (Å²) in [7, 11) is -3.19. The molecule has 0 aromatic heterocycles. The van der Waals surface area contributed by atoms with Gasteiger partial charge in [-0.15, -0.1) is 0 Å².